The van der Waals surface area contributed by atoms with Crippen LogP contribution in [0.25, 0.3) is 0 Å². The molecule has 3 nitrogen and oxygen atoms in total. The van der Waals surface area contributed by atoms with E-state index in [9.17, 15) is 0 Å². The molecule has 0 amide bonds. The van der Waals surface area contributed by atoms with Gasteiger partial charge in [-0.3, -0.25) is 0 Å². The minimum Gasteiger partial charge on any atom is -0.379 e. The van der Waals surface area contributed by atoms with Gasteiger partial charge in [-0.1, -0.05) is 69.9 Å². The van der Waals surface area contributed by atoms with E-state index < -0.39 is 0 Å². The molecule has 2 rings (SSSR count). The minimum absolute atomic E-state index is 0.327. The number of hydrogen-bond acceptors (Lipinski definition) is 3. The molecule has 0 N–H and O–H groups in total. The lowest BCUT2D eigenvalue weighted by Crippen LogP contribution is -2.24. The Bertz CT molecular complexity index is 486. The van der Waals surface area contributed by atoms with Gasteiger partial charge in [-0.15, -0.1) is 0 Å². The maximum Gasteiger partial charge on any atom is 0.104 e. The Hall–Kier alpha value is -0.900. The van der Waals surface area contributed by atoms with Crippen LogP contribution in [0.2, 0.25) is 0 Å². The third kappa shape index (κ3) is 9.54. The number of hydrogen-bond donors (Lipinski definition) is 0. The molecule has 0 aromatic heterocycles. The van der Waals surface area contributed by atoms with Crippen molar-refractivity contribution in [1.82, 2.24) is 0 Å². The lowest BCUT2D eigenvalue weighted by atomic mass is 9.83. The lowest BCUT2D eigenvalue weighted by molar-refractivity contribution is 0.00650. The first-order valence-corrected chi connectivity index (χ1v) is 11.6. The predicted octanol–water partition coefficient (Wildman–Crippen LogP) is 6.37. The van der Waals surface area contributed by atoms with Crippen molar-refractivity contribution in [3.8, 4) is 0 Å². The zero-order valence-electron chi connectivity index (χ0n) is 18.4. The summed E-state index contributed by atoms with van der Waals surface area (Å²) in [4.78, 5) is 0. The molecule has 0 saturated carbocycles. The van der Waals surface area contributed by atoms with Crippen LogP contribution < -0.4 is 0 Å². The fourth-order valence-corrected chi connectivity index (χ4v) is 4.08. The van der Waals surface area contributed by atoms with Crippen LogP contribution in [0.5, 0.6) is 0 Å². The number of ether oxygens (including phenoxy) is 3. The highest BCUT2D eigenvalue weighted by molar-refractivity contribution is 5.19. The Kier molecular flexibility index (Phi) is 11.8. The smallest absolute Gasteiger partial charge is 0.104 e. The number of unbranched alkanes of at least 4 members (excludes halogenated alkanes) is 3. The van der Waals surface area contributed by atoms with Crippen molar-refractivity contribution in [2.45, 2.75) is 90.3 Å². The minimum atomic E-state index is 0.327. The summed E-state index contributed by atoms with van der Waals surface area (Å²) < 4.78 is 17.1. The molecule has 3 heteroatoms. The summed E-state index contributed by atoms with van der Waals surface area (Å²) >= 11 is 0. The van der Waals surface area contributed by atoms with Crippen LogP contribution in [-0.2, 0) is 14.2 Å². The lowest BCUT2D eigenvalue weighted by Gasteiger charge is -2.28. The molecule has 1 heterocycles. The van der Waals surface area contributed by atoms with Gasteiger partial charge in [-0.25, -0.2) is 0 Å². The van der Waals surface area contributed by atoms with Crippen LogP contribution in [0.1, 0.15) is 83.6 Å². The third-order valence-electron chi connectivity index (χ3n) is 5.83. The molecule has 4 atom stereocenters. The van der Waals surface area contributed by atoms with Crippen LogP contribution in [0.3, 0.4) is 0 Å². The summed E-state index contributed by atoms with van der Waals surface area (Å²) in [6, 6.07) is 11.1. The van der Waals surface area contributed by atoms with Gasteiger partial charge in [-0.05, 0) is 50.0 Å². The summed E-state index contributed by atoms with van der Waals surface area (Å²) in [6.45, 7) is 10.0. The van der Waals surface area contributed by atoms with Gasteiger partial charge in [0.1, 0.15) is 6.10 Å². The van der Waals surface area contributed by atoms with Gasteiger partial charge in [0.2, 0.25) is 0 Å². The quantitative estimate of drug-likeness (QED) is 0.229. The molecule has 1 aliphatic heterocycles. The van der Waals surface area contributed by atoms with Crippen molar-refractivity contribution in [3.63, 3.8) is 0 Å². The van der Waals surface area contributed by atoms with E-state index in [0.717, 1.165) is 39.3 Å². The van der Waals surface area contributed by atoms with Gasteiger partial charge in [-0.2, -0.15) is 0 Å². The second-order valence-electron chi connectivity index (χ2n) is 8.34. The first-order valence-electron chi connectivity index (χ1n) is 11.6. The van der Waals surface area contributed by atoms with E-state index in [1.165, 1.54) is 44.1 Å². The summed E-state index contributed by atoms with van der Waals surface area (Å²) in [6.07, 6.45) is 10.7. The monoisotopic (exact) mass is 390 g/mol. The van der Waals surface area contributed by atoms with Crippen molar-refractivity contribution in [2.24, 2.45) is 5.92 Å². The molecule has 0 spiro atoms. The van der Waals surface area contributed by atoms with Crippen molar-refractivity contribution in [2.75, 3.05) is 26.4 Å². The number of epoxide rings is 1. The molecule has 0 aliphatic carbocycles. The SMILES string of the molecule is CCCCCCC(CC(C)C(CCCOCC1CO1)OCC)c1ccccc1. The van der Waals surface area contributed by atoms with Crippen molar-refractivity contribution >= 4 is 0 Å². The Morgan fingerprint density at radius 1 is 1.04 bits per heavy atom. The van der Waals surface area contributed by atoms with Crippen molar-refractivity contribution in [1.29, 1.82) is 0 Å². The zero-order valence-corrected chi connectivity index (χ0v) is 18.4. The fraction of sp³-hybridized carbons (Fsp3) is 0.760. The highest BCUT2D eigenvalue weighted by Crippen LogP contribution is 2.32. The van der Waals surface area contributed by atoms with Crippen LogP contribution in [0.4, 0.5) is 0 Å². The van der Waals surface area contributed by atoms with Gasteiger partial charge >= 0.3 is 0 Å². The van der Waals surface area contributed by atoms with E-state index in [2.05, 4.69) is 51.1 Å². The van der Waals surface area contributed by atoms with Crippen molar-refractivity contribution < 1.29 is 14.2 Å². The van der Waals surface area contributed by atoms with Crippen LogP contribution in [0.15, 0.2) is 30.3 Å². The van der Waals surface area contributed by atoms with Crippen LogP contribution in [0, 0.1) is 5.92 Å². The van der Waals surface area contributed by atoms with Crippen molar-refractivity contribution in [3.05, 3.63) is 35.9 Å². The maximum absolute atomic E-state index is 6.14. The number of rotatable bonds is 17. The largest absolute Gasteiger partial charge is 0.379 e. The average Bonchev–Trinajstić information content (AvgIpc) is 3.54. The van der Waals surface area contributed by atoms with E-state index in [0.29, 0.717) is 24.0 Å². The summed E-state index contributed by atoms with van der Waals surface area (Å²) in [5.74, 6) is 1.20. The molecule has 0 bridgehead atoms. The topological polar surface area (TPSA) is 31.0 Å². The molecule has 1 aromatic carbocycles. The third-order valence-corrected chi connectivity index (χ3v) is 5.83. The number of benzene rings is 1. The molecule has 1 fully saturated rings. The second-order valence-corrected chi connectivity index (χ2v) is 8.34. The first-order chi connectivity index (χ1) is 13.7. The molecule has 1 saturated heterocycles. The molecular weight excluding hydrogens is 348 g/mol. The van der Waals surface area contributed by atoms with E-state index in [4.69, 9.17) is 14.2 Å². The molecule has 160 valence electrons. The molecule has 1 aromatic rings. The Labute approximate surface area is 173 Å². The summed E-state index contributed by atoms with van der Waals surface area (Å²) in [7, 11) is 0. The van der Waals surface area contributed by atoms with Gasteiger partial charge in [0.15, 0.2) is 0 Å². The highest BCUT2D eigenvalue weighted by Gasteiger charge is 2.24. The van der Waals surface area contributed by atoms with Gasteiger partial charge in [0, 0.05) is 13.2 Å². The Morgan fingerprint density at radius 2 is 1.82 bits per heavy atom. The second kappa shape index (κ2) is 14.1. The Balaban J connectivity index is 1.82. The normalized spacial score (nSPS) is 19.3. The molecule has 0 radical (unpaired) electrons. The summed E-state index contributed by atoms with van der Waals surface area (Å²) in [5.41, 5.74) is 1.49. The van der Waals surface area contributed by atoms with E-state index in [-0.39, 0.29) is 0 Å². The molecule has 1 aliphatic rings. The molecule has 28 heavy (non-hydrogen) atoms. The van der Waals surface area contributed by atoms with Crippen LogP contribution >= 0.6 is 0 Å². The van der Waals surface area contributed by atoms with E-state index >= 15 is 0 Å². The Morgan fingerprint density at radius 3 is 2.50 bits per heavy atom. The molecule has 4 unspecified atom stereocenters. The average molecular weight is 391 g/mol. The maximum atomic E-state index is 6.14. The van der Waals surface area contributed by atoms with E-state index in [1.807, 2.05) is 0 Å². The van der Waals surface area contributed by atoms with Gasteiger partial charge in [0.05, 0.1) is 19.3 Å². The fourth-order valence-electron chi connectivity index (χ4n) is 4.08. The summed E-state index contributed by atoms with van der Waals surface area (Å²) in [5, 5.41) is 0. The predicted molar refractivity (Wildman–Crippen MR) is 117 cm³/mol. The van der Waals surface area contributed by atoms with E-state index in [1.54, 1.807) is 0 Å². The molecular formula is C25H42O3. The van der Waals surface area contributed by atoms with Crippen LogP contribution in [-0.4, -0.2) is 38.6 Å². The standard InChI is InChI=1S/C25H42O3/c1-4-6-7-9-15-23(22-13-10-8-11-14-22)18-21(3)25(27-5-2)16-12-17-26-19-24-20-28-24/h8,10-11,13-14,21,23-25H,4-7,9,12,15-20H2,1-3H3. The van der Waals surface area contributed by atoms with Gasteiger partial charge < -0.3 is 14.2 Å². The zero-order chi connectivity index (χ0) is 20.0. The van der Waals surface area contributed by atoms with Gasteiger partial charge in [0.25, 0.3) is 0 Å². The highest BCUT2D eigenvalue weighted by atomic mass is 16.6. The first kappa shape index (κ1) is 23.4.